The van der Waals surface area contributed by atoms with E-state index in [2.05, 4.69) is 10.1 Å². The highest BCUT2D eigenvalue weighted by Crippen LogP contribution is 2.29. The summed E-state index contributed by atoms with van der Waals surface area (Å²) in [6, 6.07) is 6.14. The Hall–Kier alpha value is -3.10. The second-order valence-corrected chi connectivity index (χ2v) is 6.66. The number of nitrogens with zero attached hydrogens (tertiary/aromatic N) is 1. The number of ether oxygens (including phenoxy) is 2. The standard InChI is InChI=1S/C20H22F2N2O5/c1-27-17-10-13(2-3-16(17)29-20(21)22)11-23-18(25)14-4-7-24(8-5-14)19(26)15-6-9-28-12-15/h2-3,6,9-10,12,14,20H,4-5,7-8,11H2,1H3,(H,23,25). The van der Waals surface area contributed by atoms with Gasteiger partial charge >= 0.3 is 6.61 Å². The lowest BCUT2D eigenvalue weighted by molar-refractivity contribution is -0.126. The quantitative estimate of drug-likeness (QED) is 0.762. The van der Waals surface area contributed by atoms with Crippen molar-refractivity contribution < 1.29 is 32.3 Å². The van der Waals surface area contributed by atoms with Crippen LogP contribution in [0.1, 0.15) is 28.8 Å². The number of furan rings is 1. The first-order valence-corrected chi connectivity index (χ1v) is 9.19. The van der Waals surface area contributed by atoms with Crippen LogP contribution in [0.2, 0.25) is 0 Å². The van der Waals surface area contributed by atoms with Gasteiger partial charge in [0, 0.05) is 25.6 Å². The molecule has 2 amide bonds. The predicted molar refractivity (Wildman–Crippen MR) is 98.8 cm³/mol. The van der Waals surface area contributed by atoms with Gasteiger partial charge in [-0.15, -0.1) is 0 Å². The SMILES string of the molecule is COc1cc(CNC(=O)C2CCN(C(=O)c3ccoc3)CC2)ccc1OC(F)F. The molecular weight excluding hydrogens is 386 g/mol. The summed E-state index contributed by atoms with van der Waals surface area (Å²) >= 11 is 0. The molecule has 9 heteroatoms. The minimum atomic E-state index is -2.94. The molecule has 1 aromatic carbocycles. The van der Waals surface area contributed by atoms with E-state index in [0.717, 1.165) is 0 Å². The average Bonchev–Trinajstić information content (AvgIpc) is 3.27. The molecule has 2 aromatic rings. The average molecular weight is 408 g/mol. The van der Waals surface area contributed by atoms with Crippen molar-refractivity contribution >= 4 is 11.8 Å². The number of nitrogens with one attached hydrogen (secondary N) is 1. The van der Waals surface area contributed by atoms with Gasteiger partial charge in [0.2, 0.25) is 5.91 Å². The number of piperidine rings is 1. The van der Waals surface area contributed by atoms with Crippen molar-refractivity contribution in [3.05, 3.63) is 47.9 Å². The minimum absolute atomic E-state index is 0.0627. The van der Waals surface area contributed by atoms with E-state index < -0.39 is 6.61 Å². The first-order chi connectivity index (χ1) is 14.0. The van der Waals surface area contributed by atoms with Crippen molar-refractivity contribution in [2.75, 3.05) is 20.2 Å². The van der Waals surface area contributed by atoms with Crippen LogP contribution in [-0.2, 0) is 11.3 Å². The van der Waals surface area contributed by atoms with Crippen molar-refractivity contribution in [3.8, 4) is 11.5 Å². The smallest absolute Gasteiger partial charge is 0.387 e. The zero-order valence-corrected chi connectivity index (χ0v) is 15.9. The molecule has 0 saturated carbocycles. The third-order valence-corrected chi connectivity index (χ3v) is 4.83. The fourth-order valence-electron chi connectivity index (χ4n) is 3.26. The number of likely N-dealkylation sites (tertiary alicyclic amines) is 1. The van der Waals surface area contributed by atoms with E-state index in [0.29, 0.717) is 37.1 Å². The van der Waals surface area contributed by atoms with Crippen LogP contribution in [0.15, 0.2) is 41.2 Å². The minimum Gasteiger partial charge on any atom is -0.493 e. The van der Waals surface area contributed by atoms with Gasteiger partial charge in [0.05, 0.1) is 18.9 Å². The summed E-state index contributed by atoms with van der Waals surface area (Å²) in [5, 5.41) is 2.85. The molecule has 1 aliphatic rings. The fourth-order valence-corrected chi connectivity index (χ4v) is 3.26. The summed E-state index contributed by atoms with van der Waals surface area (Å²) in [6.07, 6.45) is 4.00. The molecule has 0 unspecified atom stereocenters. The van der Waals surface area contributed by atoms with E-state index in [9.17, 15) is 18.4 Å². The van der Waals surface area contributed by atoms with Gasteiger partial charge in [-0.25, -0.2) is 0 Å². The second-order valence-electron chi connectivity index (χ2n) is 6.66. The van der Waals surface area contributed by atoms with E-state index in [1.54, 1.807) is 23.1 Å². The van der Waals surface area contributed by atoms with Gasteiger partial charge < -0.3 is 24.1 Å². The molecule has 29 heavy (non-hydrogen) atoms. The number of rotatable bonds is 7. The highest BCUT2D eigenvalue weighted by molar-refractivity contribution is 5.94. The van der Waals surface area contributed by atoms with Crippen LogP contribution in [0, 0.1) is 5.92 Å². The van der Waals surface area contributed by atoms with E-state index in [1.165, 1.54) is 25.7 Å². The first kappa shape index (κ1) is 20.6. The van der Waals surface area contributed by atoms with Gasteiger partial charge in [-0.05, 0) is 36.6 Å². The van der Waals surface area contributed by atoms with Gasteiger partial charge in [-0.3, -0.25) is 9.59 Å². The Labute approximate surface area is 166 Å². The van der Waals surface area contributed by atoms with Gasteiger partial charge in [0.15, 0.2) is 11.5 Å². The third-order valence-electron chi connectivity index (χ3n) is 4.83. The van der Waals surface area contributed by atoms with E-state index in [4.69, 9.17) is 9.15 Å². The molecule has 3 rings (SSSR count). The molecule has 0 atom stereocenters. The molecule has 2 heterocycles. The lowest BCUT2D eigenvalue weighted by Crippen LogP contribution is -2.42. The molecule has 1 aliphatic heterocycles. The summed E-state index contributed by atoms with van der Waals surface area (Å²) in [5.41, 5.74) is 1.20. The summed E-state index contributed by atoms with van der Waals surface area (Å²) in [6.45, 7) is -1.72. The van der Waals surface area contributed by atoms with Gasteiger partial charge in [0.25, 0.3) is 5.91 Å². The molecule has 0 radical (unpaired) electrons. The molecular formula is C20H22F2N2O5. The van der Waals surface area contributed by atoms with E-state index in [-0.39, 0.29) is 35.8 Å². The van der Waals surface area contributed by atoms with Crippen molar-refractivity contribution in [2.45, 2.75) is 26.0 Å². The largest absolute Gasteiger partial charge is 0.493 e. The molecule has 7 nitrogen and oxygen atoms in total. The Morgan fingerprint density at radius 3 is 2.62 bits per heavy atom. The summed E-state index contributed by atoms with van der Waals surface area (Å²) in [4.78, 5) is 26.5. The van der Waals surface area contributed by atoms with Crippen molar-refractivity contribution in [3.63, 3.8) is 0 Å². The summed E-state index contributed by atoms with van der Waals surface area (Å²) in [5.74, 6) is -0.287. The van der Waals surface area contributed by atoms with Gasteiger partial charge in [-0.2, -0.15) is 8.78 Å². The normalized spacial score (nSPS) is 14.7. The predicted octanol–water partition coefficient (Wildman–Crippen LogP) is 3.06. The first-order valence-electron chi connectivity index (χ1n) is 9.19. The maximum Gasteiger partial charge on any atom is 0.387 e. The molecule has 1 saturated heterocycles. The Kier molecular flexibility index (Phi) is 6.69. The van der Waals surface area contributed by atoms with Crippen LogP contribution in [0.25, 0.3) is 0 Å². The Morgan fingerprint density at radius 2 is 2.00 bits per heavy atom. The lowest BCUT2D eigenvalue weighted by Gasteiger charge is -2.31. The Balaban J connectivity index is 1.49. The maximum atomic E-state index is 12.5. The number of carbonyl (C=O) groups excluding carboxylic acids is 2. The molecule has 0 spiro atoms. The third kappa shape index (κ3) is 5.24. The van der Waals surface area contributed by atoms with Crippen LogP contribution in [0.4, 0.5) is 8.78 Å². The Morgan fingerprint density at radius 1 is 1.24 bits per heavy atom. The Bertz CT molecular complexity index is 833. The van der Waals surface area contributed by atoms with Crippen molar-refractivity contribution in [1.82, 2.24) is 10.2 Å². The number of hydrogen-bond acceptors (Lipinski definition) is 5. The highest BCUT2D eigenvalue weighted by Gasteiger charge is 2.28. The topological polar surface area (TPSA) is 81.0 Å². The summed E-state index contributed by atoms with van der Waals surface area (Å²) < 4.78 is 39.2. The van der Waals surface area contributed by atoms with Crippen molar-refractivity contribution in [1.29, 1.82) is 0 Å². The zero-order valence-electron chi connectivity index (χ0n) is 15.9. The van der Waals surface area contributed by atoms with Crippen LogP contribution in [0.3, 0.4) is 0 Å². The van der Waals surface area contributed by atoms with Crippen LogP contribution in [0.5, 0.6) is 11.5 Å². The number of carbonyl (C=O) groups is 2. The maximum absolute atomic E-state index is 12.5. The molecule has 156 valence electrons. The molecule has 0 bridgehead atoms. The van der Waals surface area contributed by atoms with Gasteiger partial charge in [0.1, 0.15) is 6.26 Å². The van der Waals surface area contributed by atoms with Gasteiger partial charge in [-0.1, -0.05) is 6.07 Å². The van der Waals surface area contributed by atoms with Crippen LogP contribution >= 0.6 is 0 Å². The number of alkyl halides is 2. The second kappa shape index (κ2) is 9.40. The summed E-state index contributed by atoms with van der Waals surface area (Å²) in [7, 11) is 1.36. The zero-order chi connectivity index (χ0) is 20.8. The van der Waals surface area contributed by atoms with E-state index in [1.807, 2.05) is 0 Å². The number of hydrogen-bond donors (Lipinski definition) is 1. The number of benzene rings is 1. The van der Waals surface area contributed by atoms with Crippen molar-refractivity contribution in [2.24, 2.45) is 5.92 Å². The number of methoxy groups -OCH3 is 1. The molecule has 0 aliphatic carbocycles. The number of amides is 2. The molecule has 1 fully saturated rings. The molecule has 1 aromatic heterocycles. The number of halogens is 2. The fraction of sp³-hybridized carbons (Fsp3) is 0.400. The lowest BCUT2D eigenvalue weighted by atomic mass is 9.95. The van der Waals surface area contributed by atoms with Crippen LogP contribution < -0.4 is 14.8 Å². The van der Waals surface area contributed by atoms with E-state index >= 15 is 0 Å². The monoisotopic (exact) mass is 408 g/mol. The molecule has 1 N–H and O–H groups in total. The van der Waals surface area contributed by atoms with Crippen LogP contribution in [-0.4, -0.2) is 43.5 Å². The highest BCUT2D eigenvalue weighted by atomic mass is 19.3.